The molecule has 0 unspecified atom stereocenters. The van der Waals surface area contributed by atoms with Gasteiger partial charge in [-0.05, 0) is 67.8 Å². The van der Waals surface area contributed by atoms with E-state index in [1.165, 1.54) is 48.5 Å². The number of carbonyl (C=O) groups is 2. The number of ether oxygens (including phenoxy) is 2. The van der Waals surface area contributed by atoms with E-state index in [1.807, 2.05) is 20.8 Å². The second-order valence-corrected chi connectivity index (χ2v) is 9.73. The highest BCUT2D eigenvalue weighted by Gasteiger charge is 2.17. The Morgan fingerprint density at radius 1 is 0.970 bits per heavy atom. The van der Waals surface area contributed by atoms with E-state index < -0.39 is 22.1 Å². The Morgan fingerprint density at radius 3 is 2.18 bits per heavy atom. The van der Waals surface area contributed by atoms with Crippen LogP contribution >= 0.6 is 0 Å². The number of unbranched alkanes of at least 4 members (excludes halogenated alkanes) is 1. The van der Waals surface area contributed by atoms with E-state index in [9.17, 15) is 18.0 Å². The molecule has 0 aliphatic rings. The predicted molar refractivity (Wildman–Crippen MR) is 127 cm³/mol. The van der Waals surface area contributed by atoms with Crippen molar-refractivity contribution in [2.24, 2.45) is 5.92 Å². The molecule has 0 spiro atoms. The van der Waals surface area contributed by atoms with Crippen LogP contribution in [0.2, 0.25) is 0 Å². The number of hydrogen-bond donors (Lipinski definition) is 2. The highest BCUT2D eigenvalue weighted by molar-refractivity contribution is 7.92. The number of carbonyl (C=O) groups excluding carboxylic acids is 2. The molecule has 180 valence electrons. The summed E-state index contributed by atoms with van der Waals surface area (Å²) in [5.74, 6) is 0.0290. The van der Waals surface area contributed by atoms with Gasteiger partial charge in [0.25, 0.3) is 15.9 Å². The molecule has 0 saturated carbocycles. The first-order valence-electron chi connectivity index (χ1n) is 11.0. The number of amides is 1. The van der Waals surface area contributed by atoms with Gasteiger partial charge in [0, 0.05) is 12.2 Å². The minimum absolute atomic E-state index is 0.0369. The van der Waals surface area contributed by atoms with Crippen molar-refractivity contribution in [1.29, 1.82) is 0 Å². The van der Waals surface area contributed by atoms with Crippen LogP contribution < -0.4 is 14.8 Å². The van der Waals surface area contributed by atoms with E-state index in [0.29, 0.717) is 36.1 Å². The van der Waals surface area contributed by atoms with Crippen molar-refractivity contribution in [3.63, 3.8) is 0 Å². The third-order valence-electron chi connectivity index (χ3n) is 4.60. The molecule has 0 radical (unpaired) electrons. The molecule has 0 fully saturated rings. The quantitative estimate of drug-likeness (QED) is 0.354. The molecule has 9 heteroatoms. The average Bonchev–Trinajstić information content (AvgIpc) is 2.78. The van der Waals surface area contributed by atoms with Crippen LogP contribution in [0.5, 0.6) is 5.75 Å². The molecule has 1 atom stereocenters. The number of benzene rings is 2. The average molecular weight is 477 g/mol. The standard InChI is InChI=1S/C24H32N2O6S/c1-5-6-15-31-24(28)19-7-9-20(10-8-19)26-33(29,30)22-13-11-21(12-14-22)32-18(4)23(27)25-16-17(2)3/h7-14,17-18,26H,5-6,15-16H2,1-4H3,(H,25,27)/t18-/m1/s1. The summed E-state index contributed by atoms with van der Waals surface area (Å²) in [6.45, 7) is 8.53. The Balaban J connectivity index is 1.97. The number of esters is 1. The first kappa shape index (κ1) is 26.2. The highest BCUT2D eigenvalue weighted by Crippen LogP contribution is 2.20. The highest BCUT2D eigenvalue weighted by atomic mass is 32.2. The number of rotatable bonds is 12. The lowest BCUT2D eigenvalue weighted by Gasteiger charge is -2.16. The fraction of sp³-hybridized carbons (Fsp3) is 0.417. The monoisotopic (exact) mass is 476 g/mol. The lowest BCUT2D eigenvalue weighted by atomic mass is 10.2. The molecular formula is C24H32N2O6S. The van der Waals surface area contributed by atoms with Gasteiger partial charge >= 0.3 is 5.97 Å². The molecule has 2 rings (SSSR count). The van der Waals surface area contributed by atoms with Crippen LogP contribution in [-0.2, 0) is 19.6 Å². The van der Waals surface area contributed by atoms with Gasteiger partial charge in [-0.2, -0.15) is 0 Å². The van der Waals surface area contributed by atoms with Gasteiger partial charge in [0.2, 0.25) is 0 Å². The SMILES string of the molecule is CCCCOC(=O)c1ccc(NS(=O)(=O)c2ccc(O[C@H](C)C(=O)NCC(C)C)cc2)cc1. The largest absolute Gasteiger partial charge is 0.481 e. The molecule has 8 nitrogen and oxygen atoms in total. The smallest absolute Gasteiger partial charge is 0.338 e. The number of nitrogens with one attached hydrogen (secondary N) is 2. The first-order valence-corrected chi connectivity index (χ1v) is 12.4. The van der Waals surface area contributed by atoms with Gasteiger partial charge in [-0.1, -0.05) is 27.2 Å². The summed E-state index contributed by atoms with van der Waals surface area (Å²) in [5, 5.41) is 2.79. The lowest BCUT2D eigenvalue weighted by molar-refractivity contribution is -0.127. The van der Waals surface area contributed by atoms with Gasteiger partial charge in [-0.3, -0.25) is 9.52 Å². The molecular weight excluding hydrogens is 444 g/mol. The van der Waals surface area contributed by atoms with Gasteiger partial charge in [-0.25, -0.2) is 13.2 Å². The molecule has 0 aliphatic carbocycles. The Morgan fingerprint density at radius 2 is 1.61 bits per heavy atom. The Labute approximate surface area is 195 Å². The first-order chi connectivity index (χ1) is 15.6. The Hall–Kier alpha value is -3.07. The fourth-order valence-corrected chi connectivity index (χ4v) is 3.74. The summed E-state index contributed by atoms with van der Waals surface area (Å²) in [5.41, 5.74) is 0.665. The summed E-state index contributed by atoms with van der Waals surface area (Å²) in [4.78, 5) is 24.0. The molecule has 33 heavy (non-hydrogen) atoms. The fourth-order valence-electron chi connectivity index (χ4n) is 2.68. The maximum atomic E-state index is 12.7. The van der Waals surface area contributed by atoms with Gasteiger partial charge in [0.1, 0.15) is 5.75 Å². The third kappa shape index (κ3) is 8.42. The van der Waals surface area contributed by atoms with Crippen LogP contribution in [0.1, 0.15) is 50.9 Å². The van der Waals surface area contributed by atoms with Crippen molar-refractivity contribution in [1.82, 2.24) is 5.32 Å². The van der Waals surface area contributed by atoms with Crippen molar-refractivity contribution in [3.05, 3.63) is 54.1 Å². The zero-order chi connectivity index (χ0) is 24.4. The minimum Gasteiger partial charge on any atom is -0.481 e. The summed E-state index contributed by atoms with van der Waals surface area (Å²) in [6, 6.07) is 11.8. The van der Waals surface area contributed by atoms with Gasteiger partial charge in [0.15, 0.2) is 6.10 Å². The molecule has 2 aromatic carbocycles. The van der Waals surface area contributed by atoms with E-state index in [0.717, 1.165) is 12.8 Å². The second-order valence-electron chi connectivity index (χ2n) is 8.04. The lowest BCUT2D eigenvalue weighted by Crippen LogP contribution is -2.38. The zero-order valence-corrected chi connectivity index (χ0v) is 20.3. The van der Waals surface area contributed by atoms with E-state index >= 15 is 0 Å². The number of hydrogen-bond acceptors (Lipinski definition) is 6. The Bertz CT molecular complexity index is 1020. The molecule has 0 heterocycles. The van der Waals surface area contributed by atoms with Crippen LogP contribution in [-0.4, -0.2) is 39.5 Å². The van der Waals surface area contributed by atoms with E-state index in [2.05, 4.69) is 10.0 Å². The van der Waals surface area contributed by atoms with Crippen molar-refractivity contribution in [2.45, 2.75) is 51.5 Å². The second kappa shape index (κ2) is 12.2. The Kier molecular flexibility index (Phi) is 9.72. The summed E-state index contributed by atoms with van der Waals surface area (Å²) >= 11 is 0. The number of anilines is 1. The van der Waals surface area contributed by atoms with Crippen LogP contribution in [0.4, 0.5) is 5.69 Å². The van der Waals surface area contributed by atoms with Crippen molar-refractivity contribution >= 4 is 27.6 Å². The molecule has 0 aliphatic heterocycles. The molecule has 0 saturated heterocycles. The summed E-state index contributed by atoms with van der Waals surface area (Å²) < 4.78 is 38.6. The molecule has 0 bridgehead atoms. The van der Waals surface area contributed by atoms with Crippen LogP contribution in [0.15, 0.2) is 53.4 Å². The van der Waals surface area contributed by atoms with Gasteiger partial charge < -0.3 is 14.8 Å². The van der Waals surface area contributed by atoms with Gasteiger partial charge in [-0.15, -0.1) is 0 Å². The van der Waals surface area contributed by atoms with Crippen molar-refractivity contribution in [2.75, 3.05) is 17.9 Å². The maximum absolute atomic E-state index is 12.7. The van der Waals surface area contributed by atoms with E-state index in [4.69, 9.17) is 9.47 Å². The van der Waals surface area contributed by atoms with Crippen LogP contribution in [0.25, 0.3) is 0 Å². The zero-order valence-electron chi connectivity index (χ0n) is 19.5. The summed E-state index contributed by atoms with van der Waals surface area (Å²) in [7, 11) is -3.84. The van der Waals surface area contributed by atoms with Gasteiger partial charge in [0.05, 0.1) is 17.1 Å². The van der Waals surface area contributed by atoms with Crippen LogP contribution in [0.3, 0.4) is 0 Å². The molecule has 2 aromatic rings. The molecule has 2 N–H and O–H groups in total. The predicted octanol–water partition coefficient (Wildman–Crippen LogP) is 3.98. The maximum Gasteiger partial charge on any atom is 0.338 e. The third-order valence-corrected chi connectivity index (χ3v) is 6.00. The topological polar surface area (TPSA) is 111 Å². The van der Waals surface area contributed by atoms with E-state index in [-0.39, 0.29) is 10.8 Å². The van der Waals surface area contributed by atoms with Crippen molar-refractivity contribution in [3.8, 4) is 5.75 Å². The normalized spacial score (nSPS) is 12.2. The van der Waals surface area contributed by atoms with E-state index in [1.54, 1.807) is 6.92 Å². The molecule has 1 amide bonds. The van der Waals surface area contributed by atoms with Crippen LogP contribution in [0, 0.1) is 5.92 Å². The molecule has 0 aromatic heterocycles. The minimum atomic E-state index is -3.84. The summed E-state index contributed by atoms with van der Waals surface area (Å²) in [6.07, 6.45) is 1.00. The number of sulfonamides is 1. The van der Waals surface area contributed by atoms with Crippen molar-refractivity contribution < 1.29 is 27.5 Å².